The van der Waals surface area contributed by atoms with Crippen LogP contribution < -0.4 is 10.1 Å². The number of benzene rings is 1. The number of rotatable bonds is 8. The van der Waals surface area contributed by atoms with Gasteiger partial charge in [0.15, 0.2) is 0 Å². The molecular formula is C20H19NO4S2. The third-order valence-corrected chi connectivity index (χ3v) is 5.45. The maximum absolute atomic E-state index is 12.4. The summed E-state index contributed by atoms with van der Waals surface area (Å²) in [7, 11) is 0. The van der Waals surface area contributed by atoms with Gasteiger partial charge in [0.05, 0.1) is 19.6 Å². The third kappa shape index (κ3) is 4.96. The highest BCUT2D eigenvalue weighted by atomic mass is 32.1. The number of para-hydroxylation sites is 1. The van der Waals surface area contributed by atoms with Crippen molar-refractivity contribution in [1.29, 1.82) is 0 Å². The van der Waals surface area contributed by atoms with Gasteiger partial charge in [0.2, 0.25) is 5.91 Å². The molecular weight excluding hydrogens is 382 g/mol. The predicted molar refractivity (Wildman–Crippen MR) is 109 cm³/mol. The summed E-state index contributed by atoms with van der Waals surface area (Å²) in [6, 6.07) is 13.2. The van der Waals surface area contributed by atoms with Crippen molar-refractivity contribution in [2.24, 2.45) is 0 Å². The van der Waals surface area contributed by atoms with Crippen molar-refractivity contribution in [3.8, 4) is 16.2 Å². The van der Waals surface area contributed by atoms with Gasteiger partial charge in [-0.15, -0.1) is 22.7 Å². The molecule has 140 valence electrons. The number of hydrogen-bond donors (Lipinski definition) is 1. The Labute approximate surface area is 165 Å². The summed E-state index contributed by atoms with van der Waals surface area (Å²) in [5.74, 6) is 0.0719. The Hall–Kier alpha value is -2.64. The van der Waals surface area contributed by atoms with Crippen molar-refractivity contribution in [2.45, 2.75) is 13.3 Å². The fourth-order valence-corrected chi connectivity index (χ4v) is 4.22. The van der Waals surface area contributed by atoms with E-state index in [2.05, 4.69) is 5.32 Å². The van der Waals surface area contributed by atoms with Gasteiger partial charge in [-0.05, 0) is 30.5 Å². The highest BCUT2D eigenvalue weighted by molar-refractivity contribution is 7.17. The fourth-order valence-electron chi connectivity index (χ4n) is 2.44. The summed E-state index contributed by atoms with van der Waals surface area (Å²) in [6.45, 7) is 2.29. The zero-order chi connectivity index (χ0) is 19.1. The van der Waals surface area contributed by atoms with E-state index in [0.717, 1.165) is 10.4 Å². The van der Waals surface area contributed by atoms with Crippen LogP contribution >= 0.6 is 22.7 Å². The van der Waals surface area contributed by atoms with Gasteiger partial charge in [-0.1, -0.05) is 24.3 Å². The Morgan fingerprint density at radius 3 is 2.59 bits per heavy atom. The van der Waals surface area contributed by atoms with Gasteiger partial charge in [-0.25, -0.2) is 4.79 Å². The van der Waals surface area contributed by atoms with E-state index >= 15 is 0 Å². The summed E-state index contributed by atoms with van der Waals surface area (Å²) in [4.78, 5) is 25.7. The topological polar surface area (TPSA) is 64.6 Å². The molecule has 5 nitrogen and oxygen atoms in total. The Bertz CT molecular complexity index is 888. The van der Waals surface area contributed by atoms with Crippen LogP contribution in [0.3, 0.4) is 0 Å². The Balaban J connectivity index is 1.68. The summed E-state index contributed by atoms with van der Waals surface area (Å²) in [5.41, 5.74) is 1.19. The van der Waals surface area contributed by atoms with Crippen molar-refractivity contribution in [2.75, 3.05) is 18.5 Å². The van der Waals surface area contributed by atoms with E-state index in [1.165, 1.54) is 22.7 Å². The van der Waals surface area contributed by atoms with Gasteiger partial charge in [-0.3, -0.25) is 4.79 Å². The van der Waals surface area contributed by atoms with Crippen molar-refractivity contribution in [3.05, 3.63) is 58.8 Å². The highest BCUT2D eigenvalue weighted by Gasteiger charge is 2.23. The van der Waals surface area contributed by atoms with Crippen molar-refractivity contribution < 1.29 is 19.1 Å². The zero-order valence-electron chi connectivity index (χ0n) is 14.8. The molecule has 1 N–H and O–H groups in total. The standard InChI is InChI=1S/C20H19NO4S2/c1-2-24-20(23)18-15(16-9-6-12-26-16)13-27-19(18)21-17(22)10-11-25-14-7-4-3-5-8-14/h3-9,12-13H,2,10-11H2,1H3,(H,21,22). The van der Waals surface area contributed by atoms with Gasteiger partial charge in [0, 0.05) is 15.8 Å². The van der Waals surface area contributed by atoms with Crippen LogP contribution in [0.25, 0.3) is 10.4 Å². The number of anilines is 1. The molecule has 0 unspecified atom stereocenters. The molecule has 0 spiro atoms. The molecule has 0 aliphatic heterocycles. The SMILES string of the molecule is CCOC(=O)c1c(-c2cccs2)csc1NC(=O)CCOc1ccccc1. The molecule has 0 atom stereocenters. The van der Waals surface area contributed by atoms with Crippen LogP contribution in [0.1, 0.15) is 23.7 Å². The highest BCUT2D eigenvalue weighted by Crippen LogP contribution is 2.38. The number of esters is 1. The molecule has 1 amide bonds. The van der Waals surface area contributed by atoms with Gasteiger partial charge in [0.1, 0.15) is 16.3 Å². The minimum atomic E-state index is -0.432. The molecule has 3 aromatic rings. The number of carbonyl (C=O) groups is 2. The largest absolute Gasteiger partial charge is 0.493 e. The first-order chi connectivity index (χ1) is 13.2. The van der Waals surface area contributed by atoms with Crippen LogP contribution in [-0.2, 0) is 9.53 Å². The van der Waals surface area contributed by atoms with Gasteiger partial charge in [-0.2, -0.15) is 0 Å². The first-order valence-electron chi connectivity index (χ1n) is 8.49. The van der Waals surface area contributed by atoms with E-state index in [9.17, 15) is 9.59 Å². The second-order valence-corrected chi connectivity index (χ2v) is 7.34. The lowest BCUT2D eigenvalue weighted by Gasteiger charge is -2.09. The smallest absolute Gasteiger partial charge is 0.341 e. The van der Waals surface area contributed by atoms with E-state index < -0.39 is 5.97 Å². The van der Waals surface area contributed by atoms with Gasteiger partial charge in [0.25, 0.3) is 0 Å². The number of nitrogens with one attached hydrogen (secondary N) is 1. The second kappa shape index (κ2) is 9.34. The molecule has 0 aliphatic carbocycles. The molecule has 0 fully saturated rings. The Morgan fingerprint density at radius 1 is 1.07 bits per heavy atom. The molecule has 0 saturated carbocycles. The Kier molecular flexibility index (Phi) is 6.62. The van der Waals surface area contributed by atoms with Crippen LogP contribution in [0.2, 0.25) is 0 Å². The van der Waals surface area contributed by atoms with E-state index in [1.54, 1.807) is 6.92 Å². The van der Waals surface area contributed by atoms with Crippen LogP contribution in [0.5, 0.6) is 5.75 Å². The summed E-state index contributed by atoms with van der Waals surface area (Å²) in [5, 5.41) is 7.14. The maximum Gasteiger partial charge on any atom is 0.341 e. The van der Waals surface area contributed by atoms with Crippen LogP contribution in [0.4, 0.5) is 5.00 Å². The van der Waals surface area contributed by atoms with E-state index in [1.807, 2.05) is 53.2 Å². The summed E-state index contributed by atoms with van der Waals surface area (Å²) in [6.07, 6.45) is 0.184. The molecule has 7 heteroatoms. The lowest BCUT2D eigenvalue weighted by atomic mass is 10.1. The first-order valence-corrected chi connectivity index (χ1v) is 10.2. The predicted octanol–water partition coefficient (Wildman–Crippen LogP) is 5.06. The molecule has 1 aromatic carbocycles. The summed E-state index contributed by atoms with van der Waals surface area (Å²) < 4.78 is 10.7. The lowest BCUT2D eigenvalue weighted by molar-refractivity contribution is -0.116. The quantitative estimate of drug-likeness (QED) is 0.536. The number of thiophene rings is 2. The van der Waals surface area contributed by atoms with Crippen LogP contribution in [0.15, 0.2) is 53.2 Å². The van der Waals surface area contributed by atoms with E-state index in [4.69, 9.17) is 9.47 Å². The average Bonchev–Trinajstić information content (AvgIpc) is 3.32. The molecule has 3 rings (SSSR count). The molecule has 0 saturated heterocycles. The molecule has 2 heterocycles. The van der Waals surface area contributed by atoms with Gasteiger partial charge >= 0.3 is 5.97 Å². The number of amides is 1. The number of hydrogen-bond acceptors (Lipinski definition) is 6. The lowest BCUT2D eigenvalue weighted by Crippen LogP contribution is -2.17. The third-order valence-electron chi connectivity index (χ3n) is 3.65. The zero-order valence-corrected chi connectivity index (χ0v) is 16.4. The first kappa shape index (κ1) is 19.1. The maximum atomic E-state index is 12.4. The number of ether oxygens (including phenoxy) is 2. The minimum absolute atomic E-state index is 0.184. The van der Waals surface area contributed by atoms with Crippen LogP contribution in [0, 0.1) is 0 Å². The van der Waals surface area contributed by atoms with E-state index in [0.29, 0.717) is 16.3 Å². The van der Waals surface area contributed by atoms with Gasteiger partial charge < -0.3 is 14.8 Å². The molecule has 0 radical (unpaired) electrons. The second-order valence-electron chi connectivity index (χ2n) is 5.51. The van der Waals surface area contributed by atoms with E-state index in [-0.39, 0.29) is 25.5 Å². The Morgan fingerprint density at radius 2 is 1.89 bits per heavy atom. The monoisotopic (exact) mass is 401 g/mol. The normalized spacial score (nSPS) is 10.4. The van der Waals surface area contributed by atoms with Crippen LogP contribution in [-0.4, -0.2) is 25.1 Å². The molecule has 0 bridgehead atoms. The number of carbonyl (C=O) groups excluding carboxylic acids is 2. The van der Waals surface area contributed by atoms with Crippen molar-refractivity contribution >= 4 is 39.6 Å². The molecule has 2 aromatic heterocycles. The minimum Gasteiger partial charge on any atom is -0.493 e. The molecule has 0 aliphatic rings. The van der Waals surface area contributed by atoms with Crippen molar-refractivity contribution in [3.63, 3.8) is 0 Å². The summed E-state index contributed by atoms with van der Waals surface area (Å²) >= 11 is 2.86. The van der Waals surface area contributed by atoms with Crippen molar-refractivity contribution in [1.82, 2.24) is 0 Å². The fraction of sp³-hybridized carbons (Fsp3) is 0.200. The molecule has 27 heavy (non-hydrogen) atoms. The average molecular weight is 402 g/mol.